The summed E-state index contributed by atoms with van der Waals surface area (Å²) < 4.78 is 0. The Kier molecular flexibility index (Phi) is 5.07. The van der Waals surface area contributed by atoms with Crippen LogP contribution in [0.25, 0.3) is 0 Å². The topological polar surface area (TPSA) is 61.7 Å². The van der Waals surface area contributed by atoms with E-state index in [1.54, 1.807) is 54.7 Å². The molecule has 22 heavy (non-hydrogen) atoms. The summed E-state index contributed by atoms with van der Waals surface area (Å²) in [7, 11) is 0. The van der Waals surface area contributed by atoms with Gasteiger partial charge in [-0.1, -0.05) is 74.5 Å². The van der Waals surface area contributed by atoms with Crippen LogP contribution in [-0.4, -0.2) is 17.2 Å². The third-order valence-corrected chi connectivity index (χ3v) is 3.25. The predicted octanol–water partition coefficient (Wildman–Crippen LogP) is 2.68. The second kappa shape index (κ2) is 7.00. The number of benzene rings is 2. The number of aliphatic hydroxyl groups is 1. The van der Waals surface area contributed by atoms with Crippen LogP contribution >= 0.6 is 0 Å². The van der Waals surface area contributed by atoms with Crippen LogP contribution in [0.15, 0.2) is 65.8 Å². The maximum atomic E-state index is 12.6. The number of amides is 1. The van der Waals surface area contributed by atoms with Crippen LogP contribution in [0.4, 0.5) is 0 Å². The fraction of sp³-hybridized carbons (Fsp3) is 0.222. The Bertz CT molecular complexity index is 597. The number of hydrogen-bond donors (Lipinski definition) is 2. The Morgan fingerprint density at radius 3 is 1.91 bits per heavy atom. The molecular formula is C18H20N2O2. The van der Waals surface area contributed by atoms with Crippen molar-refractivity contribution < 1.29 is 9.90 Å². The largest absolute Gasteiger partial charge is 0.372 e. The zero-order valence-corrected chi connectivity index (χ0v) is 12.7. The minimum atomic E-state index is -1.78. The van der Waals surface area contributed by atoms with Crippen LogP contribution < -0.4 is 5.43 Å². The van der Waals surface area contributed by atoms with Crippen molar-refractivity contribution >= 4 is 12.1 Å². The summed E-state index contributed by atoms with van der Waals surface area (Å²) in [6.45, 7) is 3.91. The molecule has 4 heteroatoms. The summed E-state index contributed by atoms with van der Waals surface area (Å²) in [5, 5.41) is 15.0. The predicted molar refractivity (Wildman–Crippen MR) is 87.4 cm³/mol. The molecule has 0 aliphatic carbocycles. The van der Waals surface area contributed by atoms with Gasteiger partial charge in [0, 0.05) is 6.21 Å². The average molecular weight is 296 g/mol. The van der Waals surface area contributed by atoms with Crippen LogP contribution in [0.2, 0.25) is 0 Å². The number of hydrazone groups is 1. The molecule has 0 fully saturated rings. The lowest BCUT2D eigenvalue weighted by Crippen LogP contribution is -2.43. The summed E-state index contributed by atoms with van der Waals surface area (Å²) in [6, 6.07) is 17.7. The number of rotatable bonds is 5. The SMILES string of the molecule is CC(C)C=NNC(=O)C(O)(c1ccccc1)c1ccccc1. The van der Waals surface area contributed by atoms with Gasteiger partial charge in [0.15, 0.2) is 5.60 Å². The van der Waals surface area contributed by atoms with Crippen molar-refractivity contribution in [1.29, 1.82) is 0 Å². The van der Waals surface area contributed by atoms with Gasteiger partial charge in [-0.05, 0) is 17.0 Å². The lowest BCUT2D eigenvalue weighted by atomic mass is 9.85. The third kappa shape index (κ3) is 3.40. The highest BCUT2D eigenvalue weighted by Crippen LogP contribution is 2.29. The van der Waals surface area contributed by atoms with Crippen LogP contribution in [0.5, 0.6) is 0 Å². The molecule has 2 aromatic carbocycles. The molecule has 0 aliphatic rings. The molecule has 0 saturated carbocycles. The Labute approximate surface area is 130 Å². The van der Waals surface area contributed by atoms with Crippen LogP contribution in [0.3, 0.4) is 0 Å². The van der Waals surface area contributed by atoms with E-state index in [4.69, 9.17) is 0 Å². The Balaban J connectivity index is 2.41. The molecule has 0 aromatic heterocycles. The summed E-state index contributed by atoms with van der Waals surface area (Å²) >= 11 is 0. The highest BCUT2D eigenvalue weighted by atomic mass is 16.3. The zero-order valence-electron chi connectivity index (χ0n) is 12.7. The standard InChI is InChI=1S/C18H20N2O2/c1-14(2)13-19-20-17(21)18(22,15-9-5-3-6-10-15)16-11-7-4-8-12-16/h3-14,22H,1-2H3,(H,20,21). The van der Waals surface area contributed by atoms with E-state index < -0.39 is 11.5 Å². The average Bonchev–Trinajstić information content (AvgIpc) is 2.55. The molecule has 1 amide bonds. The van der Waals surface area contributed by atoms with Crippen LogP contribution in [-0.2, 0) is 10.4 Å². The van der Waals surface area contributed by atoms with Crippen LogP contribution in [0.1, 0.15) is 25.0 Å². The van der Waals surface area contributed by atoms with E-state index in [9.17, 15) is 9.90 Å². The molecule has 0 spiro atoms. The first kappa shape index (κ1) is 15.9. The second-order valence-corrected chi connectivity index (χ2v) is 5.41. The molecule has 2 aromatic rings. The lowest BCUT2D eigenvalue weighted by molar-refractivity contribution is -0.136. The van der Waals surface area contributed by atoms with Crippen LogP contribution in [0, 0.1) is 5.92 Å². The third-order valence-electron chi connectivity index (χ3n) is 3.25. The van der Waals surface area contributed by atoms with Crippen molar-refractivity contribution in [1.82, 2.24) is 5.43 Å². The molecule has 0 aliphatic heterocycles. The van der Waals surface area contributed by atoms with E-state index in [1.165, 1.54) is 0 Å². The van der Waals surface area contributed by atoms with Gasteiger partial charge in [0.05, 0.1) is 0 Å². The lowest BCUT2D eigenvalue weighted by Gasteiger charge is -2.27. The van der Waals surface area contributed by atoms with Gasteiger partial charge in [-0.2, -0.15) is 5.10 Å². The Morgan fingerprint density at radius 1 is 1.05 bits per heavy atom. The van der Waals surface area contributed by atoms with Gasteiger partial charge in [0.25, 0.3) is 5.91 Å². The van der Waals surface area contributed by atoms with Crippen molar-refractivity contribution in [3.8, 4) is 0 Å². The maximum absolute atomic E-state index is 12.6. The number of carbonyl (C=O) groups is 1. The summed E-state index contributed by atoms with van der Waals surface area (Å²) in [4.78, 5) is 12.6. The summed E-state index contributed by atoms with van der Waals surface area (Å²) in [6.07, 6.45) is 1.62. The number of hydrogen-bond acceptors (Lipinski definition) is 3. The number of nitrogens with zero attached hydrogens (tertiary/aromatic N) is 1. The van der Waals surface area contributed by atoms with Crippen molar-refractivity contribution in [3.05, 3.63) is 71.8 Å². The molecule has 2 N–H and O–H groups in total. The molecule has 0 unspecified atom stereocenters. The molecule has 4 nitrogen and oxygen atoms in total. The monoisotopic (exact) mass is 296 g/mol. The van der Waals surface area contributed by atoms with Crippen molar-refractivity contribution in [2.75, 3.05) is 0 Å². The summed E-state index contributed by atoms with van der Waals surface area (Å²) in [5.41, 5.74) is 1.65. The first-order valence-electron chi connectivity index (χ1n) is 7.22. The molecule has 0 bridgehead atoms. The normalized spacial score (nSPS) is 11.8. The zero-order chi connectivity index (χ0) is 16.0. The quantitative estimate of drug-likeness (QED) is 0.658. The van der Waals surface area contributed by atoms with E-state index in [0.29, 0.717) is 11.1 Å². The van der Waals surface area contributed by atoms with Gasteiger partial charge >= 0.3 is 0 Å². The Morgan fingerprint density at radius 2 is 1.50 bits per heavy atom. The van der Waals surface area contributed by atoms with E-state index >= 15 is 0 Å². The first-order valence-corrected chi connectivity index (χ1v) is 7.22. The van der Waals surface area contributed by atoms with E-state index in [1.807, 2.05) is 26.0 Å². The van der Waals surface area contributed by atoms with Gasteiger partial charge in [-0.25, -0.2) is 5.43 Å². The molecule has 114 valence electrons. The maximum Gasteiger partial charge on any atom is 0.281 e. The van der Waals surface area contributed by atoms with E-state index in [-0.39, 0.29) is 5.92 Å². The summed E-state index contributed by atoms with van der Waals surface area (Å²) in [5.74, 6) is -0.372. The van der Waals surface area contributed by atoms with E-state index in [0.717, 1.165) is 0 Å². The van der Waals surface area contributed by atoms with Gasteiger partial charge in [0.2, 0.25) is 0 Å². The molecule has 0 heterocycles. The first-order chi connectivity index (χ1) is 10.5. The highest BCUT2D eigenvalue weighted by Gasteiger charge is 2.39. The minimum Gasteiger partial charge on any atom is -0.372 e. The second-order valence-electron chi connectivity index (χ2n) is 5.41. The smallest absolute Gasteiger partial charge is 0.281 e. The highest BCUT2D eigenvalue weighted by molar-refractivity contribution is 5.90. The van der Waals surface area contributed by atoms with Crippen molar-refractivity contribution in [2.24, 2.45) is 11.0 Å². The molecule has 0 atom stereocenters. The van der Waals surface area contributed by atoms with Gasteiger partial charge in [0.1, 0.15) is 0 Å². The van der Waals surface area contributed by atoms with Crippen molar-refractivity contribution in [2.45, 2.75) is 19.4 Å². The Hall–Kier alpha value is -2.46. The minimum absolute atomic E-state index is 0.210. The molecule has 0 saturated heterocycles. The number of nitrogens with one attached hydrogen (secondary N) is 1. The van der Waals surface area contributed by atoms with Gasteiger partial charge in [-0.3, -0.25) is 4.79 Å². The van der Waals surface area contributed by atoms with Gasteiger partial charge in [-0.15, -0.1) is 0 Å². The molecule has 2 rings (SSSR count). The fourth-order valence-corrected chi connectivity index (χ4v) is 2.11. The molecule has 0 radical (unpaired) electrons. The molecular weight excluding hydrogens is 276 g/mol. The fourth-order valence-electron chi connectivity index (χ4n) is 2.11. The van der Waals surface area contributed by atoms with E-state index in [2.05, 4.69) is 10.5 Å². The van der Waals surface area contributed by atoms with Gasteiger partial charge < -0.3 is 5.11 Å². The van der Waals surface area contributed by atoms with Crippen molar-refractivity contribution in [3.63, 3.8) is 0 Å². The number of carbonyl (C=O) groups excluding carboxylic acids is 1.